The summed E-state index contributed by atoms with van der Waals surface area (Å²) in [5.74, 6) is 1.68. The third-order valence-corrected chi connectivity index (χ3v) is 4.20. The van der Waals surface area contributed by atoms with E-state index in [-0.39, 0.29) is 12.0 Å². The lowest BCUT2D eigenvalue weighted by molar-refractivity contribution is -0.132. The van der Waals surface area contributed by atoms with Gasteiger partial charge in [0.25, 0.3) is 0 Å². The largest absolute Gasteiger partial charge is 0.486 e. The molecule has 0 saturated carbocycles. The van der Waals surface area contributed by atoms with Crippen LogP contribution in [0.25, 0.3) is 0 Å². The smallest absolute Gasteiger partial charge is 0.223 e. The Morgan fingerprint density at radius 2 is 1.79 bits per heavy atom. The van der Waals surface area contributed by atoms with Crippen LogP contribution in [0.5, 0.6) is 11.5 Å². The number of rotatable bonds is 6. The molecule has 4 heteroatoms. The summed E-state index contributed by atoms with van der Waals surface area (Å²) < 4.78 is 11.7. The molecule has 0 spiro atoms. The maximum atomic E-state index is 12.5. The van der Waals surface area contributed by atoms with E-state index in [9.17, 15) is 4.79 Å². The summed E-state index contributed by atoms with van der Waals surface area (Å²) in [4.78, 5) is 14.3. The van der Waals surface area contributed by atoms with Crippen molar-refractivity contribution in [2.24, 2.45) is 0 Å². The van der Waals surface area contributed by atoms with Gasteiger partial charge in [0.15, 0.2) is 17.6 Å². The summed E-state index contributed by atoms with van der Waals surface area (Å²) in [6.07, 6.45) is 1.16. The molecule has 1 aliphatic rings. The summed E-state index contributed by atoms with van der Waals surface area (Å²) in [5, 5.41) is 0. The Labute approximate surface area is 143 Å². The standard InChI is InChI=1S/C20H23NO3/c1-2-21(20(22)13-12-16-8-4-3-5-9-16)14-17-15-23-18-10-6-7-11-19(18)24-17/h3-11,17H,2,12-15H2,1H3. The van der Waals surface area contributed by atoms with E-state index in [1.54, 1.807) is 0 Å². The van der Waals surface area contributed by atoms with E-state index in [0.717, 1.165) is 17.9 Å². The van der Waals surface area contributed by atoms with Crippen molar-refractivity contribution in [3.63, 3.8) is 0 Å². The summed E-state index contributed by atoms with van der Waals surface area (Å²) in [6, 6.07) is 17.7. The highest BCUT2D eigenvalue weighted by Crippen LogP contribution is 2.31. The lowest BCUT2D eigenvalue weighted by Gasteiger charge is -2.31. The molecule has 1 amide bonds. The van der Waals surface area contributed by atoms with Crippen molar-refractivity contribution >= 4 is 5.91 Å². The van der Waals surface area contributed by atoms with Gasteiger partial charge in [-0.15, -0.1) is 0 Å². The van der Waals surface area contributed by atoms with Crippen LogP contribution >= 0.6 is 0 Å². The van der Waals surface area contributed by atoms with Crippen LogP contribution in [0, 0.1) is 0 Å². The zero-order chi connectivity index (χ0) is 16.8. The second kappa shape index (κ2) is 7.86. The molecule has 1 unspecified atom stereocenters. The van der Waals surface area contributed by atoms with Crippen LogP contribution < -0.4 is 9.47 Å². The van der Waals surface area contributed by atoms with Gasteiger partial charge in [-0.2, -0.15) is 0 Å². The highest BCUT2D eigenvalue weighted by Gasteiger charge is 2.24. The number of hydrogen-bond donors (Lipinski definition) is 0. The van der Waals surface area contributed by atoms with Crippen LogP contribution in [-0.4, -0.2) is 36.6 Å². The molecular formula is C20H23NO3. The molecule has 0 N–H and O–H groups in total. The monoisotopic (exact) mass is 325 g/mol. The van der Waals surface area contributed by atoms with Gasteiger partial charge in [-0.3, -0.25) is 4.79 Å². The van der Waals surface area contributed by atoms with Gasteiger partial charge in [0.2, 0.25) is 5.91 Å². The first-order chi connectivity index (χ1) is 11.8. The lowest BCUT2D eigenvalue weighted by Crippen LogP contribution is -2.43. The van der Waals surface area contributed by atoms with Crippen LogP contribution in [0.4, 0.5) is 0 Å². The number of para-hydroxylation sites is 2. The summed E-state index contributed by atoms with van der Waals surface area (Å²) in [7, 11) is 0. The van der Waals surface area contributed by atoms with Crippen molar-refractivity contribution < 1.29 is 14.3 Å². The number of amides is 1. The van der Waals surface area contributed by atoms with Gasteiger partial charge < -0.3 is 14.4 Å². The molecule has 3 rings (SSSR count). The predicted octanol–water partition coefficient (Wildman–Crippen LogP) is 3.31. The number of likely N-dealkylation sites (N-methyl/N-ethyl adjacent to an activating group) is 1. The zero-order valence-corrected chi connectivity index (χ0v) is 14.0. The van der Waals surface area contributed by atoms with Crippen molar-refractivity contribution in [1.29, 1.82) is 0 Å². The fourth-order valence-electron chi connectivity index (χ4n) is 2.86. The summed E-state index contributed by atoms with van der Waals surface area (Å²) in [6.45, 7) is 3.70. The number of carbonyl (C=O) groups excluding carboxylic acids is 1. The van der Waals surface area contributed by atoms with Crippen LogP contribution in [-0.2, 0) is 11.2 Å². The molecule has 0 bridgehead atoms. The molecule has 126 valence electrons. The quantitative estimate of drug-likeness (QED) is 0.818. The van der Waals surface area contributed by atoms with E-state index < -0.39 is 0 Å². The number of hydrogen-bond acceptors (Lipinski definition) is 3. The minimum Gasteiger partial charge on any atom is -0.486 e. The molecule has 1 heterocycles. The van der Waals surface area contributed by atoms with Crippen LogP contribution in [0.2, 0.25) is 0 Å². The molecule has 0 radical (unpaired) electrons. The predicted molar refractivity (Wildman–Crippen MR) is 93.4 cm³/mol. The third-order valence-electron chi connectivity index (χ3n) is 4.20. The molecule has 0 aliphatic carbocycles. The molecule has 2 aromatic carbocycles. The van der Waals surface area contributed by atoms with Gasteiger partial charge in [-0.25, -0.2) is 0 Å². The Bertz CT molecular complexity index is 672. The van der Waals surface area contributed by atoms with Crippen molar-refractivity contribution in [3.05, 3.63) is 60.2 Å². The second-order valence-electron chi connectivity index (χ2n) is 5.92. The SMILES string of the molecule is CCN(CC1COc2ccccc2O1)C(=O)CCc1ccccc1. The third kappa shape index (κ3) is 4.07. The van der Waals surface area contributed by atoms with Crippen LogP contribution in [0.15, 0.2) is 54.6 Å². The number of fused-ring (bicyclic) bond motifs is 1. The minimum absolute atomic E-state index is 0.125. The van der Waals surface area contributed by atoms with Crippen molar-refractivity contribution in [2.45, 2.75) is 25.9 Å². The van der Waals surface area contributed by atoms with Gasteiger partial charge in [-0.05, 0) is 31.0 Å². The van der Waals surface area contributed by atoms with E-state index in [0.29, 0.717) is 26.1 Å². The summed E-state index contributed by atoms with van der Waals surface area (Å²) in [5.41, 5.74) is 1.19. The number of aryl methyl sites for hydroxylation is 1. The molecule has 0 saturated heterocycles. The van der Waals surface area contributed by atoms with Gasteiger partial charge >= 0.3 is 0 Å². The molecule has 1 aliphatic heterocycles. The van der Waals surface area contributed by atoms with Crippen molar-refractivity contribution in [2.75, 3.05) is 19.7 Å². The van der Waals surface area contributed by atoms with Gasteiger partial charge in [-0.1, -0.05) is 42.5 Å². The Morgan fingerprint density at radius 1 is 1.08 bits per heavy atom. The number of nitrogens with zero attached hydrogens (tertiary/aromatic N) is 1. The molecular weight excluding hydrogens is 302 g/mol. The Balaban J connectivity index is 1.54. The van der Waals surface area contributed by atoms with E-state index in [4.69, 9.17) is 9.47 Å². The van der Waals surface area contributed by atoms with Gasteiger partial charge in [0.1, 0.15) is 6.61 Å². The van der Waals surface area contributed by atoms with E-state index in [2.05, 4.69) is 12.1 Å². The summed E-state index contributed by atoms with van der Waals surface area (Å²) >= 11 is 0. The number of carbonyl (C=O) groups is 1. The Kier molecular flexibility index (Phi) is 5.36. The van der Waals surface area contributed by atoms with Crippen LogP contribution in [0.3, 0.4) is 0 Å². The average molecular weight is 325 g/mol. The van der Waals surface area contributed by atoms with E-state index in [1.807, 2.05) is 54.3 Å². The van der Waals surface area contributed by atoms with E-state index in [1.165, 1.54) is 5.56 Å². The molecule has 0 aromatic heterocycles. The Hall–Kier alpha value is -2.49. The van der Waals surface area contributed by atoms with E-state index >= 15 is 0 Å². The van der Waals surface area contributed by atoms with Crippen molar-refractivity contribution in [1.82, 2.24) is 4.90 Å². The Morgan fingerprint density at radius 3 is 2.54 bits per heavy atom. The molecule has 1 atom stereocenters. The lowest BCUT2D eigenvalue weighted by atomic mass is 10.1. The first kappa shape index (κ1) is 16.4. The number of benzene rings is 2. The molecule has 2 aromatic rings. The minimum atomic E-state index is -0.125. The maximum Gasteiger partial charge on any atom is 0.223 e. The highest BCUT2D eigenvalue weighted by molar-refractivity contribution is 5.76. The first-order valence-electron chi connectivity index (χ1n) is 8.46. The van der Waals surface area contributed by atoms with Crippen LogP contribution in [0.1, 0.15) is 18.9 Å². The molecule has 24 heavy (non-hydrogen) atoms. The maximum absolute atomic E-state index is 12.5. The van der Waals surface area contributed by atoms with Crippen molar-refractivity contribution in [3.8, 4) is 11.5 Å². The normalized spacial score (nSPS) is 15.8. The molecule has 0 fully saturated rings. The topological polar surface area (TPSA) is 38.8 Å². The fourth-order valence-corrected chi connectivity index (χ4v) is 2.86. The highest BCUT2D eigenvalue weighted by atomic mass is 16.6. The average Bonchev–Trinajstić information content (AvgIpc) is 2.65. The zero-order valence-electron chi connectivity index (χ0n) is 14.0. The fraction of sp³-hybridized carbons (Fsp3) is 0.350. The molecule has 4 nitrogen and oxygen atoms in total. The number of ether oxygens (including phenoxy) is 2. The van der Waals surface area contributed by atoms with Gasteiger partial charge in [0, 0.05) is 13.0 Å². The van der Waals surface area contributed by atoms with Gasteiger partial charge in [0.05, 0.1) is 6.54 Å². The second-order valence-corrected chi connectivity index (χ2v) is 5.92. The first-order valence-corrected chi connectivity index (χ1v) is 8.46.